The number of rotatable bonds is 7. The summed E-state index contributed by atoms with van der Waals surface area (Å²) in [5.41, 5.74) is 5.52. The van der Waals surface area contributed by atoms with Gasteiger partial charge < -0.3 is 16.0 Å². The molecule has 106 valence electrons. The summed E-state index contributed by atoms with van der Waals surface area (Å²) in [7, 11) is 2.15. The second-order valence-corrected chi connectivity index (χ2v) is 5.37. The van der Waals surface area contributed by atoms with Crippen molar-refractivity contribution in [3.63, 3.8) is 0 Å². The fourth-order valence-electron chi connectivity index (χ4n) is 2.01. The van der Waals surface area contributed by atoms with E-state index in [1.807, 2.05) is 0 Å². The van der Waals surface area contributed by atoms with Gasteiger partial charge in [0.2, 0.25) is 5.91 Å². The normalized spacial score (nSPS) is 19.7. The predicted molar refractivity (Wildman–Crippen MR) is 74.4 cm³/mol. The number of nitrogens with zero attached hydrogens (tertiary/aromatic N) is 2. The van der Waals surface area contributed by atoms with Crippen LogP contribution in [0, 0.1) is 5.92 Å². The van der Waals surface area contributed by atoms with Crippen molar-refractivity contribution in [2.45, 2.75) is 19.8 Å². The van der Waals surface area contributed by atoms with Crippen LogP contribution in [0.15, 0.2) is 0 Å². The molecule has 1 aliphatic heterocycles. The van der Waals surface area contributed by atoms with Crippen LogP contribution in [0.5, 0.6) is 0 Å². The Labute approximate surface area is 111 Å². The first-order valence-corrected chi connectivity index (χ1v) is 6.99. The Hall–Kier alpha value is -0.650. The van der Waals surface area contributed by atoms with E-state index in [0.717, 1.165) is 45.7 Å². The Morgan fingerprint density at radius 3 is 2.61 bits per heavy atom. The first-order chi connectivity index (χ1) is 8.61. The molecule has 0 aromatic rings. The zero-order chi connectivity index (χ0) is 13.4. The van der Waals surface area contributed by atoms with Gasteiger partial charge in [-0.15, -0.1) is 0 Å². The molecule has 3 N–H and O–H groups in total. The lowest BCUT2D eigenvalue weighted by atomic mass is 10.1. The molecule has 18 heavy (non-hydrogen) atoms. The molecule has 1 saturated heterocycles. The monoisotopic (exact) mass is 256 g/mol. The van der Waals surface area contributed by atoms with Crippen LogP contribution in [0.2, 0.25) is 0 Å². The van der Waals surface area contributed by atoms with E-state index < -0.39 is 0 Å². The van der Waals surface area contributed by atoms with Crippen LogP contribution in [0.4, 0.5) is 0 Å². The van der Waals surface area contributed by atoms with Crippen molar-refractivity contribution < 1.29 is 4.79 Å². The Kier molecular flexibility index (Phi) is 7.23. The van der Waals surface area contributed by atoms with Gasteiger partial charge in [0.05, 0.1) is 0 Å². The largest absolute Gasteiger partial charge is 0.355 e. The highest BCUT2D eigenvalue weighted by atomic mass is 16.1. The molecule has 1 aliphatic rings. The number of hydrogen-bond acceptors (Lipinski definition) is 4. The second kappa shape index (κ2) is 8.45. The first-order valence-electron chi connectivity index (χ1n) is 6.99. The van der Waals surface area contributed by atoms with E-state index in [4.69, 9.17) is 5.73 Å². The summed E-state index contributed by atoms with van der Waals surface area (Å²) < 4.78 is 0. The van der Waals surface area contributed by atoms with Crippen LogP contribution in [-0.2, 0) is 4.79 Å². The van der Waals surface area contributed by atoms with Gasteiger partial charge in [0.15, 0.2) is 0 Å². The molecule has 0 aromatic heterocycles. The fraction of sp³-hybridized carbons (Fsp3) is 0.923. The van der Waals surface area contributed by atoms with Gasteiger partial charge in [0.1, 0.15) is 0 Å². The summed E-state index contributed by atoms with van der Waals surface area (Å²) in [5, 5.41) is 2.99. The van der Waals surface area contributed by atoms with Crippen LogP contribution < -0.4 is 11.1 Å². The third kappa shape index (κ3) is 6.33. The molecule has 1 fully saturated rings. The number of hydrogen-bond donors (Lipinski definition) is 2. The van der Waals surface area contributed by atoms with Gasteiger partial charge in [0.25, 0.3) is 0 Å². The maximum absolute atomic E-state index is 11.6. The minimum Gasteiger partial charge on any atom is -0.355 e. The molecule has 0 saturated carbocycles. The quantitative estimate of drug-likeness (QED) is 0.658. The molecule has 5 heteroatoms. The van der Waals surface area contributed by atoms with E-state index in [-0.39, 0.29) is 5.91 Å². The number of piperazine rings is 1. The zero-order valence-electron chi connectivity index (χ0n) is 11.8. The number of likely N-dealkylation sites (N-methyl/N-ethyl adjacent to an activating group) is 1. The van der Waals surface area contributed by atoms with E-state index >= 15 is 0 Å². The third-order valence-electron chi connectivity index (χ3n) is 3.61. The Balaban J connectivity index is 2.01. The number of nitrogens with one attached hydrogen (secondary N) is 1. The maximum atomic E-state index is 11.6. The molecule has 1 atom stereocenters. The molecule has 0 spiro atoms. The van der Waals surface area contributed by atoms with Gasteiger partial charge in [-0.05, 0) is 25.9 Å². The van der Waals surface area contributed by atoms with Crippen molar-refractivity contribution in [2.24, 2.45) is 11.7 Å². The van der Waals surface area contributed by atoms with Gasteiger partial charge in [-0.1, -0.05) is 6.92 Å². The first kappa shape index (κ1) is 15.4. The van der Waals surface area contributed by atoms with Crippen LogP contribution in [0.25, 0.3) is 0 Å². The summed E-state index contributed by atoms with van der Waals surface area (Å²) >= 11 is 0. The van der Waals surface area contributed by atoms with Crippen molar-refractivity contribution in [1.82, 2.24) is 15.1 Å². The number of nitrogens with two attached hydrogens (primary N) is 1. The topological polar surface area (TPSA) is 61.6 Å². The minimum absolute atomic E-state index is 0.157. The molecule has 1 rings (SSSR count). The summed E-state index contributed by atoms with van der Waals surface area (Å²) in [6.45, 7) is 8.94. The number of carbonyl (C=O) groups excluding carboxylic acids is 1. The van der Waals surface area contributed by atoms with Crippen molar-refractivity contribution in [1.29, 1.82) is 0 Å². The van der Waals surface area contributed by atoms with Crippen LogP contribution >= 0.6 is 0 Å². The number of amides is 1. The highest BCUT2D eigenvalue weighted by Crippen LogP contribution is 2.02. The van der Waals surface area contributed by atoms with Gasteiger partial charge >= 0.3 is 0 Å². The van der Waals surface area contributed by atoms with E-state index in [2.05, 4.69) is 29.1 Å². The minimum atomic E-state index is 0.157. The molecule has 1 unspecified atom stereocenters. The van der Waals surface area contributed by atoms with Crippen molar-refractivity contribution in [3.05, 3.63) is 0 Å². The highest BCUT2D eigenvalue weighted by molar-refractivity contribution is 5.75. The van der Waals surface area contributed by atoms with Crippen molar-refractivity contribution >= 4 is 5.91 Å². The van der Waals surface area contributed by atoms with Gasteiger partial charge in [-0.2, -0.15) is 0 Å². The SMILES string of the molecule is CC(CN)CCC(=O)NCCN1CCN(C)CC1. The number of carbonyl (C=O) groups is 1. The summed E-state index contributed by atoms with van der Waals surface area (Å²) in [6.07, 6.45) is 1.48. The van der Waals surface area contributed by atoms with E-state index in [1.165, 1.54) is 0 Å². The standard InChI is InChI=1S/C13H28N4O/c1-12(11-14)3-4-13(18)15-5-6-17-9-7-16(2)8-10-17/h12H,3-11,14H2,1-2H3,(H,15,18). The Morgan fingerprint density at radius 1 is 1.33 bits per heavy atom. The summed E-state index contributed by atoms with van der Waals surface area (Å²) in [5.74, 6) is 0.595. The molecule has 1 heterocycles. The predicted octanol–water partition coefficient (Wildman–Crippen LogP) is -0.275. The molecule has 0 radical (unpaired) electrons. The Morgan fingerprint density at radius 2 is 2.00 bits per heavy atom. The van der Waals surface area contributed by atoms with Gasteiger partial charge in [0, 0.05) is 45.7 Å². The van der Waals surface area contributed by atoms with E-state index in [1.54, 1.807) is 0 Å². The van der Waals surface area contributed by atoms with Crippen LogP contribution in [0.1, 0.15) is 19.8 Å². The molecule has 0 aromatic carbocycles. The van der Waals surface area contributed by atoms with Crippen molar-refractivity contribution in [2.75, 3.05) is 52.9 Å². The van der Waals surface area contributed by atoms with E-state index in [0.29, 0.717) is 18.9 Å². The molecule has 0 bridgehead atoms. The fourth-order valence-corrected chi connectivity index (χ4v) is 2.01. The van der Waals surface area contributed by atoms with Gasteiger partial charge in [-0.3, -0.25) is 9.69 Å². The smallest absolute Gasteiger partial charge is 0.220 e. The molecule has 5 nitrogen and oxygen atoms in total. The van der Waals surface area contributed by atoms with Crippen LogP contribution in [-0.4, -0.2) is 68.6 Å². The van der Waals surface area contributed by atoms with Crippen LogP contribution in [0.3, 0.4) is 0 Å². The lowest BCUT2D eigenvalue weighted by Crippen LogP contribution is -2.46. The average molecular weight is 256 g/mol. The third-order valence-corrected chi connectivity index (χ3v) is 3.61. The van der Waals surface area contributed by atoms with E-state index in [9.17, 15) is 4.79 Å². The lowest BCUT2D eigenvalue weighted by Gasteiger charge is -2.32. The molecular formula is C13H28N4O. The maximum Gasteiger partial charge on any atom is 0.220 e. The van der Waals surface area contributed by atoms with Crippen molar-refractivity contribution in [3.8, 4) is 0 Å². The summed E-state index contributed by atoms with van der Waals surface area (Å²) in [6, 6.07) is 0. The molecule has 1 amide bonds. The van der Waals surface area contributed by atoms with Gasteiger partial charge in [-0.25, -0.2) is 0 Å². The second-order valence-electron chi connectivity index (χ2n) is 5.37. The lowest BCUT2D eigenvalue weighted by molar-refractivity contribution is -0.121. The molecular weight excluding hydrogens is 228 g/mol. The zero-order valence-corrected chi connectivity index (χ0v) is 11.8. The Bertz CT molecular complexity index is 239. The highest BCUT2D eigenvalue weighted by Gasteiger charge is 2.13. The average Bonchev–Trinajstić information content (AvgIpc) is 2.38. The summed E-state index contributed by atoms with van der Waals surface area (Å²) in [4.78, 5) is 16.3. The molecule has 0 aliphatic carbocycles.